The molecule has 0 atom stereocenters. The maximum atomic E-state index is 13.4. The standard InChI is InChI=1S/C20H17O3S/c1-23-18-14-8-9-15-19(18)24(21,22)20(16-10-4-2-5-11-16)17-12-6-3-7-13-17/h2-15H,1H3. The van der Waals surface area contributed by atoms with E-state index < -0.39 is 9.84 Å². The molecule has 1 radical (unpaired) electrons. The molecule has 0 spiro atoms. The number of hydrogen-bond acceptors (Lipinski definition) is 3. The lowest BCUT2D eigenvalue weighted by Crippen LogP contribution is -2.17. The van der Waals surface area contributed by atoms with E-state index in [1.165, 1.54) is 7.11 Å². The molecule has 0 saturated heterocycles. The smallest absolute Gasteiger partial charge is 0.198 e. The first-order chi connectivity index (χ1) is 11.6. The van der Waals surface area contributed by atoms with E-state index in [1.807, 2.05) is 36.4 Å². The fraction of sp³-hybridized carbons (Fsp3) is 0.0500. The number of ether oxygens (including phenoxy) is 1. The summed E-state index contributed by atoms with van der Waals surface area (Å²) in [7, 11) is -2.29. The van der Waals surface area contributed by atoms with E-state index >= 15 is 0 Å². The van der Waals surface area contributed by atoms with E-state index in [4.69, 9.17) is 4.74 Å². The zero-order valence-electron chi connectivity index (χ0n) is 13.2. The van der Waals surface area contributed by atoms with E-state index in [1.54, 1.807) is 48.5 Å². The third-order valence-electron chi connectivity index (χ3n) is 3.70. The average molecular weight is 337 g/mol. The first-order valence-corrected chi connectivity index (χ1v) is 8.99. The monoisotopic (exact) mass is 337 g/mol. The molecule has 0 aliphatic carbocycles. The van der Waals surface area contributed by atoms with Gasteiger partial charge in [0.05, 0.1) is 7.11 Å². The van der Waals surface area contributed by atoms with Gasteiger partial charge in [-0.25, -0.2) is 8.42 Å². The highest BCUT2D eigenvalue weighted by Gasteiger charge is 2.33. The number of rotatable bonds is 5. The molecule has 3 aromatic carbocycles. The second-order valence-electron chi connectivity index (χ2n) is 5.22. The molecule has 3 aromatic rings. The van der Waals surface area contributed by atoms with Crippen LogP contribution in [0.5, 0.6) is 5.75 Å². The number of benzene rings is 3. The largest absolute Gasteiger partial charge is 0.495 e. The summed E-state index contributed by atoms with van der Waals surface area (Å²) in [5, 5.41) is 0.271. The molecule has 3 nitrogen and oxygen atoms in total. The molecular weight excluding hydrogens is 320 g/mol. The average Bonchev–Trinajstić information content (AvgIpc) is 2.63. The number of sulfone groups is 1. The van der Waals surface area contributed by atoms with E-state index in [-0.39, 0.29) is 10.1 Å². The molecule has 0 N–H and O–H groups in total. The van der Waals surface area contributed by atoms with Crippen LogP contribution >= 0.6 is 0 Å². The number of para-hydroxylation sites is 1. The van der Waals surface area contributed by atoms with Gasteiger partial charge in [0.2, 0.25) is 0 Å². The van der Waals surface area contributed by atoms with Gasteiger partial charge in [-0.15, -0.1) is 0 Å². The van der Waals surface area contributed by atoms with Crippen LogP contribution in [0.25, 0.3) is 0 Å². The van der Waals surface area contributed by atoms with Crippen LogP contribution in [0.15, 0.2) is 89.8 Å². The molecule has 0 aliphatic heterocycles. The lowest BCUT2D eigenvalue weighted by molar-refractivity contribution is 0.403. The Morgan fingerprint density at radius 1 is 0.708 bits per heavy atom. The van der Waals surface area contributed by atoms with Crippen LogP contribution in [0.2, 0.25) is 0 Å². The summed E-state index contributed by atoms with van der Waals surface area (Å²) in [6.07, 6.45) is 0. The SMILES string of the molecule is COc1ccccc1S(=O)(=O)[C](c1ccccc1)c1ccccc1. The fourth-order valence-corrected chi connectivity index (χ4v) is 4.39. The van der Waals surface area contributed by atoms with Crippen LogP contribution in [-0.4, -0.2) is 15.5 Å². The molecule has 24 heavy (non-hydrogen) atoms. The van der Waals surface area contributed by atoms with Crippen molar-refractivity contribution in [2.45, 2.75) is 4.90 Å². The van der Waals surface area contributed by atoms with Crippen molar-refractivity contribution in [1.82, 2.24) is 0 Å². The summed E-state index contributed by atoms with van der Waals surface area (Å²) in [5.74, 6) is 0.335. The van der Waals surface area contributed by atoms with Crippen LogP contribution in [0.1, 0.15) is 11.1 Å². The van der Waals surface area contributed by atoms with Gasteiger partial charge in [-0.3, -0.25) is 0 Å². The van der Waals surface area contributed by atoms with E-state index in [0.717, 1.165) is 0 Å². The Hall–Kier alpha value is -2.59. The Bertz CT molecular complexity index is 864. The highest BCUT2D eigenvalue weighted by molar-refractivity contribution is 7.94. The minimum absolute atomic E-state index is 0.162. The maximum absolute atomic E-state index is 13.4. The van der Waals surface area contributed by atoms with E-state index in [2.05, 4.69) is 0 Å². The third kappa shape index (κ3) is 3.05. The van der Waals surface area contributed by atoms with E-state index in [9.17, 15) is 8.42 Å². The molecule has 0 aliphatic rings. The van der Waals surface area contributed by atoms with Crippen LogP contribution in [0.3, 0.4) is 0 Å². The molecule has 3 rings (SSSR count). The van der Waals surface area contributed by atoms with Gasteiger partial charge >= 0.3 is 0 Å². The first-order valence-electron chi connectivity index (χ1n) is 7.50. The van der Waals surface area contributed by atoms with Crippen LogP contribution in [-0.2, 0) is 9.84 Å². The topological polar surface area (TPSA) is 43.4 Å². The van der Waals surface area contributed by atoms with Crippen LogP contribution in [0.4, 0.5) is 0 Å². The molecule has 121 valence electrons. The molecule has 0 aromatic heterocycles. The minimum Gasteiger partial charge on any atom is -0.495 e. The van der Waals surface area contributed by atoms with Crippen LogP contribution < -0.4 is 4.74 Å². The zero-order valence-corrected chi connectivity index (χ0v) is 14.0. The predicted octanol–water partition coefficient (Wildman–Crippen LogP) is 4.10. The lowest BCUT2D eigenvalue weighted by atomic mass is 10.0. The first kappa shape index (κ1) is 16.3. The highest BCUT2D eigenvalue weighted by Crippen LogP contribution is 2.37. The minimum atomic E-state index is -3.76. The number of hydrogen-bond donors (Lipinski definition) is 0. The zero-order chi connectivity index (χ0) is 17.0. The lowest BCUT2D eigenvalue weighted by Gasteiger charge is -2.19. The molecule has 0 amide bonds. The normalized spacial score (nSPS) is 11.4. The van der Waals surface area contributed by atoms with Gasteiger partial charge in [-0.2, -0.15) is 0 Å². The van der Waals surface area contributed by atoms with Crippen molar-refractivity contribution in [2.75, 3.05) is 7.11 Å². The van der Waals surface area contributed by atoms with Gasteiger partial charge in [0.15, 0.2) is 15.1 Å². The van der Waals surface area contributed by atoms with Crippen molar-refractivity contribution in [2.24, 2.45) is 0 Å². The van der Waals surface area contributed by atoms with Gasteiger partial charge in [0.1, 0.15) is 10.6 Å². The molecule has 0 unspecified atom stereocenters. The second-order valence-corrected chi connectivity index (χ2v) is 7.07. The highest BCUT2D eigenvalue weighted by atomic mass is 32.2. The third-order valence-corrected chi connectivity index (χ3v) is 5.62. The summed E-state index contributed by atoms with van der Waals surface area (Å²) in [6, 6.07) is 24.9. The van der Waals surface area contributed by atoms with Gasteiger partial charge in [0, 0.05) is 0 Å². The van der Waals surface area contributed by atoms with Crippen LogP contribution in [0, 0.1) is 5.25 Å². The molecule has 0 saturated carbocycles. The van der Waals surface area contributed by atoms with Crippen molar-refractivity contribution in [1.29, 1.82) is 0 Å². The summed E-state index contributed by atoms with van der Waals surface area (Å²) >= 11 is 0. The van der Waals surface area contributed by atoms with Gasteiger partial charge in [0.25, 0.3) is 0 Å². The van der Waals surface area contributed by atoms with Crippen molar-refractivity contribution in [3.05, 3.63) is 101 Å². The Morgan fingerprint density at radius 2 is 1.17 bits per heavy atom. The molecule has 0 bridgehead atoms. The Kier molecular flexibility index (Phi) is 4.67. The van der Waals surface area contributed by atoms with Gasteiger partial charge in [-0.05, 0) is 23.3 Å². The summed E-state index contributed by atoms with van der Waals surface area (Å²) in [5.41, 5.74) is 1.30. The quantitative estimate of drug-likeness (QED) is 0.704. The Balaban J connectivity index is 2.22. The second kappa shape index (κ2) is 6.89. The Labute approximate surface area is 142 Å². The summed E-state index contributed by atoms with van der Waals surface area (Å²) in [6.45, 7) is 0. The molecule has 0 heterocycles. The Morgan fingerprint density at radius 3 is 1.67 bits per heavy atom. The fourth-order valence-electron chi connectivity index (χ4n) is 2.61. The van der Waals surface area contributed by atoms with Crippen molar-refractivity contribution < 1.29 is 13.2 Å². The van der Waals surface area contributed by atoms with E-state index in [0.29, 0.717) is 16.9 Å². The van der Waals surface area contributed by atoms with Gasteiger partial charge in [-0.1, -0.05) is 72.8 Å². The number of methoxy groups -OCH3 is 1. The van der Waals surface area contributed by atoms with Gasteiger partial charge < -0.3 is 4.74 Å². The predicted molar refractivity (Wildman–Crippen MR) is 94.5 cm³/mol. The molecule has 0 fully saturated rings. The van der Waals surface area contributed by atoms with Crippen molar-refractivity contribution >= 4 is 9.84 Å². The maximum Gasteiger partial charge on any atom is 0.198 e. The molecular formula is C20H17O3S. The van der Waals surface area contributed by atoms with Crippen molar-refractivity contribution in [3.8, 4) is 5.75 Å². The molecule has 4 heteroatoms. The summed E-state index contributed by atoms with van der Waals surface area (Å²) < 4.78 is 32.1. The summed E-state index contributed by atoms with van der Waals surface area (Å²) in [4.78, 5) is 0.162. The van der Waals surface area contributed by atoms with Crippen molar-refractivity contribution in [3.63, 3.8) is 0 Å².